The molecule has 0 spiro atoms. The van der Waals surface area contributed by atoms with Gasteiger partial charge in [-0.15, -0.1) is 0 Å². The highest BCUT2D eigenvalue weighted by molar-refractivity contribution is 5.83. The zero-order valence-electron chi connectivity index (χ0n) is 14.7. The van der Waals surface area contributed by atoms with Gasteiger partial charge in [0.05, 0.1) is 11.8 Å². The summed E-state index contributed by atoms with van der Waals surface area (Å²) in [6, 6.07) is 5.99. The molecule has 0 aliphatic heterocycles. The summed E-state index contributed by atoms with van der Waals surface area (Å²) in [5.41, 5.74) is 1.06. The number of benzene rings is 1. The van der Waals surface area contributed by atoms with Crippen molar-refractivity contribution in [2.75, 3.05) is 7.05 Å². The molecule has 0 bridgehead atoms. The number of amides is 1. The molecule has 0 radical (unpaired) electrons. The van der Waals surface area contributed by atoms with E-state index in [-0.39, 0.29) is 35.8 Å². The highest BCUT2D eigenvalue weighted by Gasteiger charge is 2.19. The molecule has 3 aromatic rings. The summed E-state index contributed by atoms with van der Waals surface area (Å²) in [6.45, 7) is 1.88. The first-order valence-electron chi connectivity index (χ1n) is 8.06. The largest absolute Gasteiger partial charge is 0.341 e. The summed E-state index contributed by atoms with van der Waals surface area (Å²) in [6.07, 6.45) is -0.142. The number of rotatable bonds is 4. The normalized spacial score (nSPS) is 11.1. The predicted octanol–water partition coefficient (Wildman–Crippen LogP) is 1.20. The van der Waals surface area contributed by atoms with E-state index in [9.17, 15) is 18.8 Å². The van der Waals surface area contributed by atoms with Gasteiger partial charge in [-0.3, -0.25) is 24.2 Å². The number of aromatic nitrogens is 3. The fourth-order valence-electron chi connectivity index (χ4n) is 3.03. The van der Waals surface area contributed by atoms with Crippen molar-refractivity contribution in [1.82, 2.24) is 19.7 Å². The predicted molar refractivity (Wildman–Crippen MR) is 95.5 cm³/mol. The maximum Gasteiger partial charge on any atom is 0.273 e. The third-order valence-corrected chi connectivity index (χ3v) is 4.46. The van der Waals surface area contributed by atoms with E-state index in [1.165, 1.54) is 21.7 Å². The van der Waals surface area contributed by atoms with Crippen LogP contribution < -0.4 is 11.1 Å². The summed E-state index contributed by atoms with van der Waals surface area (Å²) >= 11 is 0. The molecule has 26 heavy (non-hydrogen) atoms. The first kappa shape index (κ1) is 17.7. The number of pyridine rings is 1. The first-order valence-corrected chi connectivity index (χ1v) is 8.06. The molecule has 1 aromatic carbocycles. The van der Waals surface area contributed by atoms with Gasteiger partial charge in [0.2, 0.25) is 5.91 Å². The molecule has 0 saturated heterocycles. The topological polar surface area (TPSA) is 91.0 Å². The number of fused-ring (bicyclic) bond motifs is 1. The molecule has 0 saturated carbocycles. The van der Waals surface area contributed by atoms with E-state index >= 15 is 0 Å². The van der Waals surface area contributed by atoms with Gasteiger partial charge in [0.25, 0.3) is 11.1 Å². The van der Waals surface area contributed by atoms with E-state index in [1.54, 1.807) is 33.2 Å². The minimum absolute atomic E-state index is 0.142. The van der Waals surface area contributed by atoms with E-state index in [2.05, 4.69) is 10.1 Å². The van der Waals surface area contributed by atoms with E-state index in [1.807, 2.05) is 0 Å². The molecule has 0 aliphatic rings. The monoisotopic (exact) mass is 358 g/mol. The van der Waals surface area contributed by atoms with E-state index in [0.717, 1.165) is 0 Å². The standard InChI is InChI=1S/C18H19FN4O3/c1-10-13(17(25)20-16-15(10)18(26)21-23(16)3)8-14(24)22(2)9-11-5-4-6-12(19)7-11/h4-7H,8-9H2,1-3H3,(H,20,25)(H,21,26). The fraction of sp³-hybridized carbons (Fsp3) is 0.278. The van der Waals surface area contributed by atoms with Gasteiger partial charge in [-0.05, 0) is 30.2 Å². The van der Waals surface area contributed by atoms with E-state index < -0.39 is 5.56 Å². The lowest BCUT2D eigenvalue weighted by Crippen LogP contribution is -2.30. The van der Waals surface area contributed by atoms with Crippen molar-refractivity contribution in [2.24, 2.45) is 7.05 Å². The molecular formula is C18H19FN4O3. The summed E-state index contributed by atoms with van der Waals surface area (Å²) in [5, 5.41) is 2.95. The fourth-order valence-corrected chi connectivity index (χ4v) is 3.03. The average molecular weight is 358 g/mol. The maximum atomic E-state index is 13.3. The molecule has 3 rings (SSSR count). The second-order valence-corrected chi connectivity index (χ2v) is 6.34. The summed E-state index contributed by atoms with van der Waals surface area (Å²) in [4.78, 5) is 41.0. The van der Waals surface area contributed by atoms with Crippen molar-refractivity contribution in [3.8, 4) is 0 Å². The Morgan fingerprint density at radius 3 is 2.69 bits per heavy atom. The van der Waals surface area contributed by atoms with E-state index in [0.29, 0.717) is 22.2 Å². The lowest BCUT2D eigenvalue weighted by atomic mass is 10.0. The van der Waals surface area contributed by atoms with Crippen LogP contribution >= 0.6 is 0 Å². The number of H-pyrrole nitrogens is 2. The van der Waals surface area contributed by atoms with Crippen LogP contribution in [0.4, 0.5) is 4.39 Å². The van der Waals surface area contributed by atoms with Gasteiger partial charge in [0.15, 0.2) is 0 Å². The molecule has 0 unspecified atom stereocenters. The highest BCUT2D eigenvalue weighted by atomic mass is 19.1. The molecule has 0 aliphatic carbocycles. The average Bonchev–Trinajstić information content (AvgIpc) is 2.85. The van der Waals surface area contributed by atoms with Crippen LogP contribution in [0.25, 0.3) is 11.0 Å². The number of aromatic amines is 2. The van der Waals surface area contributed by atoms with Crippen molar-refractivity contribution in [2.45, 2.75) is 19.9 Å². The van der Waals surface area contributed by atoms with Gasteiger partial charge in [-0.2, -0.15) is 0 Å². The van der Waals surface area contributed by atoms with Gasteiger partial charge >= 0.3 is 0 Å². The molecule has 2 N–H and O–H groups in total. The van der Waals surface area contributed by atoms with Crippen molar-refractivity contribution in [1.29, 1.82) is 0 Å². The van der Waals surface area contributed by atoms with Crippen LogP contribution in [0.5, 0.6) is 0 Å². The number of halogens is 1. The Morgan fingerprint density at radius 1 is 1.27 bits per heavy atom. The smallest absolute Gasteiger partial charge is 0.273 e. The Labute approximate surface area is 148 Å². The van der Waals surface area contributed by atoms with Crippen LogP contribution in [0.3, 0.4) is 0 Å². The second kappa shape index (κ2) is 6.62. The van der Waals surface area contributed by atoms with Gasteiger partial charge < -0.3 is 9.88 Å². The van der Waals surface area contributed by atoms with Gasteiger partial charge in [-0.25, -0.2) is 4.39 Å². The van der Waals surface area contributed by atoms with Crippen LogP contribution in [0.1, 0.15) is 16.7 Å². The van der Waals surface area contributed by atoms with Crippen molar-refractivity contribution in [3.05, 3.63) is 67.5 Å². The molecule has 8 heteroatoms. The number of carbonyl (C=O) groups is 1. The summed E-state index contributed by atoms with van der Waals surface area (Å²) in [7, 11) is 3.21. The number of nitrogens with zero attached hydrogens (tertiary/aromatic N) is 2. The maximum absolute atomic E-state index is 13.3. The van der Waals surface area contributed by atoms with Crippen molar-refractivity contribution >= 4 is 16.9 Å². The Morgan fingerprint density at radius 2 is 2.00 bits per heavy atom. The second-order valence-electron chi connectivity index (χ2n) is 6.34. The number of hydrogen-bond donors (Lipinski definition) is 2. The summed E-state index contributed by atoms with van der Waals surface area (Å²) in [5.74, 6) is -0.668. The zero-order valence-corrected chi connectivity index (χ0v) is 14.7. The molecule has 0 fully saturated rings. The van der Waals surface area contributed by atoms with Crippen LogP contribution in [0.15, 0.2) is 33.9 Å². The SMILES string of the molecule is Cc1c(CC(=O)N(C)Cc2cccc(F)c2)c(=O)[nH]c2c1c(=O)[nH]n2C. The number of carbonyl (C=O) groups excluding carboxylic acids is 1. The quantitative estimate of drug-likeness (QED) is 0.734. The number of aryl methyl sites for hydroxylation is 2. The molecule has 2 heterocycles. The minimum Gasteiger partial charge on any atom is -0.341 e. The third-order valence-electron chi connectivity index (χ3n) is 4.46. The Balaban J connectivity index is 1.88. The lowest BCUT2D eigenvalue weighted by molar-refractivity contribution is -0.129. The molecule has 7 nitrogen and oxygen atoms in total. The highest BCUT2D eigenvalue weighted by Crippen LogP contribution is 2.14. The molecule has 136 valence electrons. The Kier molecular flexibility index (Phi) is 4.50. The summed E-state index contributed by atoms with van der Waals surface area (Å²) < 4.78 is 14.7. The van der Waals surface area contributed by atoms with Gasteiger partial charge in [0, 0.05) is 26.2 Å². The third kappa shape index (κ3) is 3.17. The van der Waals surface area contributed by atoms with Crippen LogP contribution in [0, 0.1) is 12.7 Å². The molecule has 2 aromatic heterocycles. The minimum atomic E-state index is -0.405. The number of hydrogen-bond acceptors (Lipinski definition) is 3. The molecule has 0 atom stereocenters. The van der Waals surface area contributed by atoms with Crippen LogP contribution in [-0.4, -0.2) is 32.6 Å². The lowest BCUT2D eigenvalue weighted by Gasteiger charge is -2.18. The Hall–Kier alpha value is -3.16. The number of likely N-dealkylation sites (N-methyl/N-ethyl adjacent to an activating group) is 1. The first-order chi connectivity index (χ1) is 12.3. The van der Waals surface area contributed by atoms with Crippen molar-refractivity contribution < 1.29 is 9.18 Å². The zero-order chi connectivity index (χ0) is 19.0. The number of nitrogens with one attached hydrogen (secondary N) is 2. The van der Waals surface area contributed by atoms with Crippen LogP contribution in [0.2, 0.25) is 0 Å². The van der Waals surface area contributed by atoms with Gasteiger partial charge in [0.1, 0.15) is 11.5 Å². The van der Waals surface area contributed by atoms with Crippen molar-refractivity contribution in [3.63, 3.8) is 0 Å². The molecular weight excluding hydrogens is 339 g/mol. The Bertz CT molecular complexity index is 1110. The molecule has 1 amide bonds. The van der Waals surface area contributed by atoms with E-state index in [4.69, 9.17) is 0 Å². The van der Waals surface area contributed by atoms with Gasteiger partial charge in [-0.1, -0.05) is 12.1 Å². The van der Waals surface area contributed by atoms with Crippen LogP contribution in [-0.2, 0) is 24.8 Å².